The molecule has 1 N–H and O–H groups in total. The molecule has 0 unspecified atom stereocenters. The molecule has 0 saturated heterocycles. The molecule has 7 heteroatoms. The number of Topliss-reactive ketones (excluding diaryl/α,β-unsaturated/α-hetero) is 2. The molecule has 2 aromatic rings. The molecule has 6 nitrogen and oxygen atoms in total. The lowest BCUT2D eigenvalue weighted by Crippen LogP contribution is -2.44. The van der Waals surface area contributed by atoms with Crippen molar-refractivity contribution in [3.8, 4) is 5.75 Å². The van der Waals surface area contributed by atoms with Crippen LogP contribution in [-0.2, 0) is 16.2 Å². The Morgan fingerprint density at radius 1 is 0.925 bits per heavy atom. The maximum Gasteiger partial charge on any atom is 0.335 e. The minimum atomic E-state index is -0.977. The lowest BCUT2D eigenvalue weighted by atomic mass is 9.63. The van der Waals surface area contributed by atoms with Crippen LogP contribution in [0.3, 0.4) is 0 Å². The van der Waals surface area contributed by atoms with Gasteiger partial charge >= 0.3 is 5.97 Å². The summed E-state index contributed by atoms with van der Waals surface area (Å²) in [5.41, 5.74) is 5.02. The van der Waals surface area contributed by atoms with E-state index in [2.05, 4.69) is 55.4 Å². The highest BCUT2D eigenvalue weighted by molar-refractivity contribution is 9.10. The maximum atomic E-state index is 13.9. The Hall–Kier alpha value is -3.19. The van der Waals surface area contributed by atoms with Crippen LogP contribution in [0.15, 0.2) is 69.5 Å². The molecule has 0 atom stereocenters. The molecule has 0 bridgehead atoms. The summed E-state index contributed by atoms with van der Waals surface area (Å²) in [5.74, 6) is -0.686. The minimum absolute atomic E-state index is 0.0917. The molecular weight excluding hydrogens is 570 g/mol. The number of carboxylic acids is 1. The van der Waals surface area contributed by atoms with Gasteiger partial charge in [0.2, 0.25) is 0 Å². The molecule has 0 spiro atoms. The van der Waals surface area contributed by atoms with E-state index in [-0.39, 0.29) is 34.6 Å². The summed E-state index contributed by atoms with van der Waals surface area (Å²) in [7, 11) is 0. The van der Waals surface area contributed by atoms with Crippen molar-refractivity contribution >= 4 is 33.5 Å². The molecule has 40 heavy (non-hydrogen) atoms. The van der Waals surface area contributed by atoms with Gasteiger partial charge in [0.15, 0.2) is 11.6 Å². The summed E-state index contributed by atoms with van der Waals surface area (Å²) in [6.45, 7) is 11.6. The number of hydrogen-bond acceptors (Lipinski definition) is 5. The molecule has 0 radical (unpaired) electrons. The standard InChI is InChI=1S/C33H36BrNO5/c1-6-35-23-14-32(2,3)16-25(36)29(23)28(30-24(35)15-33(4,5)17-26(30)37)22-13-21(34)11-12-27(22)40-18-19-7-9-20(10-8-19)31(38)39/h7-13,28H,6,14-18H2,1-5H3,(H,38,39). The van der Waals surface area contributed by atoms with Crippen LogP contribution in [0.5, 0.6) is 5.75 Å². The summed E-state index contributed by atoms with van der Waals surface area (Å²) >= 11 is 3.62. The number of benzene rings is 2. The zero-order valence-corrected chi connectivity index (χ0v) is 25.4. The molecule has 0 aromatic heterocycles. The SMILES string of the molecule is CCN1C2=C(C(=O)CC(C)(C)C2)C(c2cc(Br)ccc2OCc2ccc(C(=O)O)cc2)C2=C1CC(C)(C)CC2=O. The zero-order chi connectivity index (χ0) is 29.0. The molecule has 3 aliphatic rings. The van der Waals surface area contributed by atoms with Crippen LogP contribution >= 0.6 is 15.9 Å². The van der Waals surface area contributed by atoms with Gasteiger partial charge in [0.1, 0.15) is 12.4 Å². The van der Waals surface area contributed by atoms with Crippen LogP contribution < -0.4 is 4.74 Å². The molecule has 0 saturated carbocycles. The second kappa shape index (κ2) is 10.3. The van der Waals surface area contributed by atoms with E-state index >= 15 is 0 Å². The molecular formula is C33H36BrNO5. The van der Waals surface area contributed by atoms with Gasteiger partial charge in [-0.3, -0.25) is 9.59 Å². The molecule has 5 rings (SSSR count). The minimum Gasteiger partial charge on any atom is -0.489 e. The van der Waals surface area contributed by atoms with Crippen molar-refractivity contribution in [2.24, 2.45) is 10.8 Å². The molecule has 2 aliphatic carbocycles. The lowest BCUT2D eigenvalue weighted by Gasteiger charge is -2.49. The highest BCUT2D eigenvalue weighted by Crippen LogP contribution is 2.55. The second-order valence-corrected chi connectivity index (χ2v) is 13.7. The molecule has 0 fully saturated rings. The van der Waals surface area contributed by atoms with Crippen molar-refractivity contribution in [3.63, 3.8) is 0 Å². The fourth-order valence-corrected chi connectivity index (χ4v) is 6.90. The van der Waals surface area contributed by atoms with Crippen LogP contribution in [0.1, 0.15) is 87.7 Å². The lowest BCUT2D eigenvalue weighted by molar-refractivity contribution is -0.119. The third-order valence-electron chi connectivity index (χ3n) is 8.22. The van der Waals surface area contributed by atoms with E-state index in [0.29, 0.717) is 25.1 Å². The van der Waals surface area contributed by atoms with Crippen molar-refractivity contribution in [1.82, 2.24) is 4.90 Å². The Morgan fingerprint density at radius 3 is 1.98 bits per heavy atom. The van der Waals surface area contributed by atoms with Crippen molar-refractivity contribution in [3.05, 3.63) is 86.2 Å². The zero-order valence-electron chi connectivity index (χ0n) is 23.8. The van der Waals surface area contributed by atoms with Crippen molar-refractivity contribution in [2.45, 2.75) is 72.8 Å². The Labute approximate surface area is 244 Å². The van der Waals surface area contributed by atoms with Crippen molar-refractivity contribution < 1.29 is 24.2 Å². The Kier molecular flexibility index (Phi) is 7.32. The fraction of sp³-hybridized carbons (Fsp3) is 0.424. The highest BCUT2D eigenvalue weighted by Gasteiger charge is 2.49. The van der Waals surface area contributed by atoms with E-state index in [1.165, 1.54) is 0 Å². The summed E-state index contributed by atoms with van der Waals surface area (Å²) in [4.78, 5) is 41.4. The summed E-state index contributed by atoms with van der Waals surface area (Å²) < 4.78 is 7.19. The normalized spacial score (nSPS) is 20.4. The first-order chi connectivity index (χ1) is 18.8. The quantitative estimate of drug-likeness (QED) is 0.368. The van der Waals surface area contributed by atoms with Gasteiger partial charge in [-0.05, 0) is 66.5 Å². The van der Waals surface area contributed by atoms with Gasteiger partial charge in [0.25, 0.3) is 0 Å². The average Bonchev–Trinajstić information content (AvgIpc) is 2.85. The third kappa shape index (κ3) is 5.28. The number of aromatic carboxylic acids is 1. The van der Waals surface area contributed by atoms with E-state index in [9.17, 15) is 19.5 Å². The Morgan fingerprint density at radius 2 is 1.48 bits per heavy atom. The van der Waals surface area contributed by atoms with E-state index in [0.717, 1.165) is 51.0 Å². The van der Waals surface area contributed by atoms with Crippen molar-refractivity contribution in [1.29, 1.82) is 0 Å². The van der Waals surface area contributed by atoms with E-state index < -0.39 is 11.9 Å². The largest absolute Gasteiger partial charge is 0.489 e. The monoisotopic (exact) mass is 605 g/mol. The molecule has 2 aromatic carbocycles. The van der Waals surface area contributed by atoms with Crippen LogP contribution in [-0.4, -0.2) is 34.1 Å². The highest BCUT2D eigenvalue weighted by atomic mass is 79.9. The molecule has 210 valence electrons. The average molecular weight is 607 g/mol. The second-order valence-electron chi connectivity index (χ2n) is 12.8. The van der Waals surface area contributed by atoms with Crippen LogP contribution in [0.4, 0.5) is 0 Å². The van der Waals surface area contributed by atoms with Gasteiger partial charge in [0.05, 0.1) is 5.56 Å². The first-order valence-electron chi connectivity index (χ1n) is 13.8. The number of ether oxygens (including phenoxy) is 1. The third-order valence-corrected chi connectivity index (χ3v) is 8.71. The van der Waals surface area contributed by atoms with Gasteiger partial charge < -0.3 is 14.7 Å². The number of halogens is 1. The van der Waals surface area contributed by atoms with Crippen molar-refractivity contribution in [2.75, 3.05) is 6.54 Å². The van der Waals surface area contributed by atoms with Gasteiger partial charge in [-0.15, -0.1) is 0 Å². The number of nitrogens with zero attached hydrogens (tertiary/aromatic N) is 1. The van der Waals surface area contributed by atoms with Crippen LogP contribution in [0.2, 0.25) is 0 Å². The number of carbonyl (C=O) groups is 3. The smallest absolute Gasteiger partial charge is 0.335 e. The summed E-state index contributed by atoms with van der Waals surface area (Å²) in [5, 5.41) is 9.22. The Bertz CT molecular complexity index is 1410. The maximum absolute atomic E-state index is 13.9. The number of carbonyl (C=O) groups excluding carboxylic acids is 2. The number of carboxylic acid groups (broad SMARTS) is 1. The first-order valence-corrected chi connectivity index (χ1v) is 14.6. The topological polar surface area (TPSA) is 83.9 Å². The van der Waals surface area contributed by atoms with Gasteiger partial charge in [0, 0.05) is 57.9 Å². The Balaban J connectivity index is 1.65. The fourth-order valence-electron chi connectivity index (χ4n) is 6.52. The van der Waals surface area contributed by atoms with Gasteiger partial charge in [-0.1, -0.05) is 55.8 Å². The number of rotatable bonds is 6. The summed E-state index contributed by atoms with van der Waals surface area (Å²) in [6, 6.07) is 12.4. The van der Waals surface area contributed by atoms with Gasteiger partial charge in [-0.2, -0.15) is 0 Å². The molecule has 0 amide bonds. The predicted molar refractivity (Wildman–Crippen MR) is 157 cm³/mol. The van der Waals surface area contributed by atoms with Crippen LogP contribution in [0.25, 0.3) is 0 Å². The molecule has 1 heterocycles. The van der Waals surface area contributed by atoms with Gasteiger partial charge in [-0.25, -0.2) is 4.79 Å². The van der Waals surface area contributed by atoms with E-state index in [1.54, 1.807) is 24.3 Å². The van der Waals surface area contributed by atoms with E-state index in [1.807, 2.05) is 18.2 Å². The van der Waals surface area contributed by atoms with E-state index in [4.69, 9.17) is 4.74 Å². The predicted octanol–water partition coefficient (Wildman–Crippen LogP) is 7.43. The first kappa shape index (κ1) is 28.3. The van der Waals surface area contributed by atoms with Crippen LogP contribution in [0, 0.1) is 10.8 Å². The number of hydrogen-bond donors (Lipinski definition) is 1. The number of allylic oxidation sites excluding steroid dienone is 4. The molecule has 1 aliphatic heterocycles. The summed E-state index contributed by atoms with van der Waals surface area (Å²) in [6.07, 6.45) is 2.40. The number of ketones is 2.